The lowest BCUT2D eigenvalue weighted by Gasteiger charge is -2.14. The Morgan fingerprint density at radius 2 is 0.489 bits per heavy atom. The molecule has 7 nitrogen and oxygen atoms in total. The summed E-state index contributed by atoms with van der Waals surface area (Å²) in [4.78, 5) is 30.8. The van der Waals surface area contributed by atoms with Crippen LogP contribution in [0.5, 0.6) is 0 Å². The van der Waals surface area contributed by atoms with E-state index in [2.05, 4.69) is 388 Å². The van der Waals surface area contributed by atoms with Gasteiger partial charge < -0.3 is 4.42 Å². The van der Waals surface area contributed by atoms with E-state index in [4.69, 9.17) is 34.3 Å². The topological polar surface area (TPSA) is 90.5 Å². The molecule has 28 aromatic rings. The number of fused-ring (bicyclic) bond motifs is 28. The van der Waals surface area contributed by atoms with Gasteiger partial charge in [-0.25, -0.2) is 29.9 Å². The van der Waals surface area contributed by atoms with Gasteiger partial charge in [0.25, 0.3) is 0 Å². The third-order valence-corrected chi connectivity index (χ3v) is 26.7. The Hall–Kier alpha value is -17.5. The fraction of sp³-hybridized carbons (Fsp3) is 0. The van der Waals surface area contributed by atoms with Crippen LogP contribution in [0.3, 0.4) is 0 Å². The number of nitrogens with zero attached hydrogens (tertiary/aromatic N) is 6. The summed E-state index contributed by atoms with van der Waals surface area (Å²) in [5, 5.41) is 37.9. The molecule has 28 rings (SSSR count). The fourth-order valence-electron chi connectivity index (χ4n) is 20.5. The van der Waals surface area contributed by atoms with Gasteiger partial charge in [0, 0.05) is 60.3 Å². The summed E-state index contributed by atoms with van der Waals surface area (Å²) in [5.74, 6) is 2.19. The summed E-state index contributed by atoms with van der Waals surface area (Å²) in [7, 11) is 0. The molecule has 0 saturated heterocycles. The van der Waals surface area contributed by atoms with Crippen molar-refractivity contribution >= 4 is 195 Å². The number of furan rings is 1. The van der Waals surface area contributed by atoms with Crippen molar-refractivity contribution in [3.63, 3.8) is 0 Å². The van der Waals surface area contributed by atoms with E-state index in [-0.39, 0.29) is 0 Å². The van der Waals surface area contributed by atoms with Crippen LogP contribution in [0.1, 0.15) is 0 Å². The van der Waals surface area contributed by atoms with Crippen LogP contribution in [0, 0.1) is 0 Å². The van der Waals surface area contributed by atoms with E-state index in [9.17, 15) is 0 Å². The van der Waals surface area contributed by atoms with Gasteiger partial charge >= 0.3 is 0 Å². The Morgan fingerprint density at radius 1 is 0.137 bits per heavy atom. The van der Waals surface area contributed by atoms with Crippen molar-refractivity contribution in [1.29, 1.82) is 0 Å². The molecule has 0 amide bonds. The zero-order valence-corrected chi connectivity index (χ0v) is 70.8. The third kappa shape index (κ3) is 12.7. The monoisotopic (exact) mass is 1660 g/mol. The molecule has 0 spiro atoms. The minimum Gasteiger partial charge on any atom is -0.456 e. The number of rotatable bonds is 7. The van der Waals surface area contributed by atoms with E-state index in [0.717, 1.165) is 128 Å². The summed E-state index contributed by atoms with van der Waals surface area (Å²) in [6.07, 6.45) is 0. The van der Waals surface area contributed by atoms with Gasteiger partial charge in [-0.15, -0.1) is 0 Å². The lowest BCUT2D eigenvalue weighted by Crippen LogP contribution is -1.96. The molecule has 0 saturated carbocycles. The standard InChI is InChI=1S/C46H28N2.C42H24N2O.C36H22N2/c1-2-10-32(11-3-1)46-47-43-28-35(20-25-42(43)45(48-46)37-17-14-29-8-4-5-12-33(29)27-37)34-19-22-38-36(26-34)21-24-41-40(38)23-18-31-16-15-30-9-6-7-13-39(30)44(31)41;1-2-10-27-25(9-1)19-24-31-28(27)22-20-26-21-23-29-30(39(26)31)13-7-14-32(29)42-43-36-16-5-3-11-33(36)41(44-42)35-15-8-18-38-40(35)34-12-4-6-17-37(34)45-38;1-2-9-25(10-3-1)35-32-12-6-7-13-33(32)37-36(38-35)27-18-19-28-26(22-27)17-21-31-30(28)20-16-24-15-14-23-8-4-5-11-29(23)34(24)31/h1-28H;1-24H;1-22H. The van der Waals surface area contributed by atoms with Crippen molar-refractivity contribution < 1.29 is 4.42 Å². The lowest BCUT2D eigenvalue weighted by molar-refractivity contribution is 0.669. The van der Waals surface area contributed by atoms with E-state index in [1.165, 1.54) is 140 Å². The zero-order chi connectivity index (χ0) is 86.1. The second-order valence-electron chi connectivity index (χ2n) is 34.1. The van der Waals surface area contributed by atoms with Gasteiger partial charge in [0.05, 0.1) is 33.6 Å². The highest BCUT2D eigenvalue weighted by Gasteiger charge is 2.23. The minimum absolute atomic E-state index is 0.712. The molecule has 0 fully saturated rings. The number of para-hydroxylation sites is 3. The third-order valence-electron chi connectivity index (χ3n) is 26.7. The van der Waals surface area contributed by atoms with Gasteiger partial charge in [-0.05, 0) is 206 Å². The first kappa shape index (κ1) is 74.9. The Morgan fingerprint density at radius 3 is 1.14 bits per heavy atom. The predicted molar refractivity (Wildman–Crippen MR) is 552 cm³/mol. The van der Waals surface area contributed by atoms with E-state index in [1.807, 2.05) is 60.7 Å². The van der Waals surface area contributed by atoms with Crippen molar-refractivity contribution in [2.45, 2.75) is 0 Å². The van der Waals surface area contributed by atoms with E-state index in [0.29, 0.717) is 5.82 Å². The molecule has 4 heterocycles. The van der Waals surface area contributed by atoms with E-state index >= 15 is 0 Å². The highest BCUT2D eigenvalue weighted by molar-refractivity contribution is 6.29. The highest BCUT2D eigenvalue weighted by Crippen LogP contribution is 2.46. The minimum atomic E-state index is 0.712. The first-order valence-electron chi connectivity index (χ1n) is 44.6. The summed E-state index contributed by atoms with van der Waals surface area (Å²) in [5.41, 5.74) is 15.9. The number of benzene rings is 24. The molecule has 24 aromatic carbocycles. The van der Waals surface area contributed by atoms with Crippen LogP contribution in [0.15, 0.2) is 453 Å². The van der Waals surface area contributed by atoms with Gasteiger partial charge in [-0.3, -0.25) is 0 Å². The van der Waals surface area contributed by atoms with Crippen molar-refractivity contribution in [3.05, 3.63) is 449 Å². The van der Waals surface area contributed by atoms with Crippen LogP contribution in [-0.2, 0) is 0 Å². The summed E-state index contributed by atoms with van der Waals surface area (Å²) < 4.78 is 6.26. The average molecular weight is 1660 g/mol. The molecule has 0 unspecified atom stereocenters. The molecule has 0 aliphatic heterocycles. The number of hydrogen-bond donors (Lipinski definition) is 0. The Labute approximate surface area is 751 Å². The molecule has 131 heavy (non-hydrogen) atoms. The molecule has 0 aliphatic carbocycles. The summed E-state index contributed by atoms with van der Waals surface area (Å²) in [6.45, 7) is 0. The van der Waals surface area contributed by atoms with Gasteiger partial charge in [0.1, 0.15) is 11.2 Å². The maximum atomic E-state index is 6.26. The maximum Gasteiger partial charge on any atom is 0.161 e. The van der Waals surface area contributed by atoms with Gasteiger partial charge in [0.15, 0.2) is 17.5 Å². The molecule has 0 bridgehead atoms. The van der Waals surface area contributed by atoms with Crippen LogP contribution in [0.25, 0.3) is 274 Å². The quantitative estimate of drug-likeness (QED) is 0.147. The Kier molecular flexibility index (Phi) is 17.5. The maximum absolute atomic E-state index is 6.26. The van der Waals surface area contributed by atoms with Crippen LogP contribution < -0.4 is 0 Å². The first-order valence-corrected chi connectivity index (χ1v) is 44.6. The zero-order valence-electron chi connectivity index (χ0n) is 70.8. The second-order valence-corrected chi connectivity index (χ2v) is 34.1. The molecular formula is C124H74N6O. The van der Waals surface area contributed by atoms with Crippen LogP contribution in [0.4, 0.5) is 0 Å². The largest absolute Gasteiger partial charge is 0.456 e. The van der Waals surface area contributed by atoms with Crippen LogP contribution in [0.2, 0.25) is 0 Å². The number of aromatic nitrogens is 6. The smallest absolute Gasteiger partial charge is 0.161 e. The van der Waals surface area contributed by atoms with E-state index < -0.39 is 0 Å². The first-order chi connectivity index (χ1) is 64.9. The van der Waals surface area contributed by atoms with Gasteiger partial charge in [0.2, 0.25) is 0 Å². The molecule has 0 atom stereocenters. The van der Waals surface area contributed by atoms with Gasteiger partial charge in [-0.2, -0.15) is 0 Å². The Bertz CT molecular complexity index is 9650. The fourth-order valence-corrected chi connectivity index (χ4v) is 20.5. The average Bonchev–Trinajstić information content (AvgIpc) is 1.45. The molecule has 0 aliphatic rings. The van der Waals surface area contributed by atoms with Crippen LogP contribution >= 0.6 is 0 Å². The van der Waals surface area contributed by atoms with Gasteiger partial charge in [-0.1, -0.05) is 394 Å². The molecule has 7 heteroatoms. The number of hydrogen-bond acceptors (Lipinski definition) is 7. The SMILES string of the molecule is c1ccc(-c2nc(-c3ccc4c(ccc5c4ccc4ccc6ccccc6c45)c3)nc3ccccc23)cc1.c1ccc(-c2nc(-c3ccc4ccccc4c3)c3ccc(-c4ccc5c(ccc6c5ccc5ccc7ccccc7c56)c4)cc3n2)cc1.c1ccc2c(c1)ccc1c2ccc2ccc3c(-c4nc(-c5cccc6oc7ccccc7c56)c5ccccc5n4)cccc3c21. The highest BCUT2D eigenvalue weighted by atomic mass is 16.3. The normalized spacial score (nSPS) is 11.8. The molecule has 4 aromatic heterocycles. The predicted octanol–water partition coefficient (Wildman–Crippen LogP) is 33.4. The molecule has 0 radical (unpaired) electrons. The van der Waals surface area contributed by atoms with Crippen molar-refractivity contribution in [1.82, 2.24) is 29.9 Å². The lowest BCUT2D eigenvalue weighted by atomic mass is 9.92. The van der Waals surface area contributed by atoms with Crippen molar-refractivity contribution in [2.24, 2.45) is 0 Å². The Balaban J connectivity index is 0.000000104. The second kappa shape index (κ2) is 30.7. The van der Waals surface area contributed by atoms with Crippen LogP contribution in [-0.4, -0.2) is 29.9 Å². The summed E-state index contributed by atoms with van der Waals surface area (Å²) in [6, 6.07) is 160. The molecule has 0 N–H and O–H groups in total. The van der Waals surface area contributed by atoms with E-state index in [1.54, 1.807) is 0 Å². The molecular weight excluding hydrogens is 1590 g/mol. The van der Waals surface area contributed by atoms with Crippen molar-refractivity contribution in [3.8, 4) is 79.1 Å². The molecule has 606 valence electrons. The summed E-state index contributed by atoms with van der Waals surface area (Å²) >= 11 is 0. The van der Waals surface area contributed by atoms with Crippen molar-refractivity contribution in [2.75, 3.05) is 0 Å².